The van der Waals surface area contributed by atoms with Gasteiger partial charge >= 0.3 is 0 Å². The summed E-state index contributed by atoms with van der Waals surface area (Å²) in [7, 11) is 1.97. The van der Waals surface area contributed by atoms with Gasteiger partial charge in [-0.15, -0.1) is 0 Å². The maximum Gasteiger partial charge on any atom is 0.255 e. The predicted octanol–water partition coefficient (Wildman–Crippen LogP) is 3.70. The number of amides is 1. The maximum atomic E-state index is 12.5. The van der Waals surface area contributed by atoms with Crippen LogP contribution in [0.1, 0.15) is 28.7 Å². The van der Waals surface area contributed by atoms with E-state index < -0.39 is 0 Å². The molecule has 1 aromatic heterocycles. The number of carbonyl (C=O) groups excluding carboxylic acids is 1. The number of rotatable bonds is 3. The number of hydrogen-bond acceptors (Lipinski definition) is 2. The lowest BCUT2D eigenvalue weighted by Crippen LogP contribution is -2.13. The average molecular weight is 293 g/mol. The molecular weight excluding hydrogens is 274 g/mol. The lowest BCUT2D eigenvalue weighted by atomic mass is 10.1. The highest BCUT2D eigenvalue weighted by atomic mass is 16.1. The van der Waals surface area contributed by atoms with E-state index in [4.69, 9.17) is 0 Å². The Morgan fingerprint density at radius 2 is 2.00 bits per heavy atom. The van der Waals surface area contributed by atoms with Gasteiger partial charge in [0.05, 0.1) is 11.0 Å². The van der Waals surface area contributed by atoms with E-state index in [1.54, 1.807) is 0 Å². The number of imidazole rings is 1. The smallest absolute Gasteiger partial charge is 0.255 e. The Morgan fingerprint density at radius 1 is 1.23 bits per heavy atom. The van der Waals surface area contributed by atoms with E-state index in [2.05, 4.69) is 17.2 Å². The highest BCUT2D eigenvalue weighted by Gasteiger charge is 2.11. The monoisotopic (exact) mass is 293 g/mol. The lowest BCUT2D eigenvalue weighted by Gasteiger charge is -2.09. The van der Waals surface area contributed by atoms with Gasteiger partial charge in [0, 0.05) is 18.3 Å². The Hall–Kier alpha value is -2.62. The Bertz CT molecular complexity index is 849. The minimum Gasteiger partial charge on any atom is -0.331 e. The number of aromatic nitrogens is 2. The van der Waals surface area contributed by atoms with E-state index in [0.717, 1.165) is 34.5 Å². The van der Waals surface area contributed by atoms with Crippen molar-refractivity contribution in [2.75, 3.05) is 5.32 Å². The van der Waals surface area contributed by atoms with Gasteiger partial charge in [-0.1, -0.05) is 25.1 Å². The first kappa shape index (κ1) is 14.3. The third-order valence-corrected chi connectivity index (χ3v) is 4.01. The van der Waals surface area contributed by atoms with Crippen molar-refractivity contribution in [1.82, 2.24) is 9.55 Å². The van der Waals surface area contributed by atoms with Crippen molar-refractivity contribution in [3.8, 4) is 0 Å². The summed E-state index contributed by atoms with van der Waals surface area (Å²) in [5.41, 5.74) is 4.49. The fourth-order valence-electron chi connectivity index (χ4n) is 2.61. The van der Waals surface area contributed by atoms with Crippen LogP contribution in [-0.2, 0) is 13.5 Å². The highest BCUT2D eigenvalue weighted by molar-refractivity contribution is 6.06. The third kappa shape index (κ3) is 2.48. The van der Waals surface area contributed by atoms with Crippen LogP contribution in [0.3, 0.4) is 0 Å². The number of benzene rings is 2. The number of aryl methyl sites for hydroxylation is 3. The van der Waals surface area contributed by atoms with Crippen molar-refractivity contribution in [1.29, 1.82) is 0 Å². The summed E-state index contributed by atoms with van der Waals surface area (Å²) in [6.07, 6.45) is 0.884. The SMILES string of the molecule is CCc1ccccc1NC(=O)c1ccc2c(c1)nc(C)n2C. The molecule has 4 nitrogen and oxygen atoms in total. The number of nitrogens with one attached hydrogen (secondary N) is 1. The molecule has 3 rings (SSSR count). The van der Waals surface area contributed by atoms with Crippen molar-refractivity contribution < 1.29 is 4.79 Å². The standard InChI is InChI=1S/C18H19N3O/c1-4-13-7-5-6-8-15(13)20-18(22)14-9-10-17-16(11-14)19-12(2)21(17)3/h5-11H,4H2,1-3H3,(H,20,22). The normalized spacial score (nSPS) is 10.9. The van der Waals surface area contributed by atoms with Crippen LogP contribution in [0.2, 0.25) is 0 Å². The molecule has 1 N–H and O–H groups in total. The number of fused-ring (bicyclic) bond motifs is 1. The zero-order valence-electron chi connectivity index (χ0n) is 13.1. The lowest BCUT2D eigenvalue weighted by molar-refractivity contribution is 0.102. The second kappa shape index (κ2) is 5.64. The molecule has 3 aromatic rings. The number of anilines is 1. The molecule has 22 heavy (non-hydrogen) atoms. The Balaban J connectivity index is 1.92. The minimum absolute atomic E-state index is 0.105. The molecule has 1 heterocycles. The number of carbonyl (C=O) groups is 1. The summed E-state index contributed by atoms with van der Waals surface area (Å²) in [5.74, 6) is 0.829. The van der Waals surface area contributed by atoms with Crippen molar-refractivity contribution in [2.24, 2.45) is 7.05 Å². The minimum atomic E-state index is -0.105. The van der Waals surface area contributed by atoms with Gasteiger partial charge in [0.15, 0.2) is 0 Å². The molecule has 112 valence electrons. The van der Waals surface area contributed by atoms with Gasteiger partial charge in [-0.25, -0.2) is 4.98 Å². The first-order chi connectivity index (χ1) is 10.6. The molecule has 0 aliphatic heterocycles. The van der Waals surface area contributed by atoms with Crippen LogP contribution in [-0.4, -0.2) is 15.5 Å². The maximum absolute atomic E-state index is 12.5. The zero-order valence-corrected chi connectivity index (χ0v) is 13.1. The Labute approximate surface area is 129 Å². The molecule has 0 spiro atoms. The van der Waals surface area contributed by atoms with E-state index in [1.165, 1.54) is 0 Å². The van der Waals surface area contributed by atoms with Crippen LogP contribution >= 0.6 is 0 Å². The van der Waals surface area contributed by atoms with Gasteiger partial charge in [-0.3, -0.25) is 4.79 Å². The topological polar surface area (TPSA) is 46.9 Å². The van der Waals surface area contributed by atoms with Gasteiger partial charge in [0.2, 0.25) is 0 Å². The van der Waals surface area contributed by atoms with E-state index in [9.17, 15) is 4.79 Å². The molecule has 0 aliphatic rings. The molecule has 0 saturated heterocycles. The third-order valence-electron chi connectivity index (χ3n) is 4.01. The second-order valence-electron chi connectivity index (χ2n) is 5.39. The van der Waals surface area contributed by atoms with Gasteiger partial charge in [-0.2, -0.15) is 0 Å². The number of hydrogen-bond donors (Lipinski definition) is 1. The van der Waals surface area contributed by atoms with E-state index >= 15 is 0 Å². The van der Waals surface area contributed by atoms with Crippen LogP contribution in [0.5, 0.6) is 0 Å². The molecule has 0 fully saturated rings. The molecule has 2 aromatic carbocycles. The van der Waals surface area contributed by atoms with E-state index in [0.29, 0.717) is 5.56 Å². The van der Waals surface area contributed by atoms with Gasteiger partial charge in [0.1, 0.15) is 5.82 Å². The van der Waals surface area contributed by atoms with E-state index in [-0.39, 0.29) is 5.91 Å². The van der Waals surface area contributed by atoms with E-state index in [1.807, 2.05) is 61.0 Å². The van der Waals surface area contributed by atoms with Crippen molar-refractivity contribution in [3.05, 3.63) is 59.4 Å². The molecule has 0 saturated carbocycles. The first-order valence-electron chi connectivity index (χ1n) is 7.42. The fourth-order valence-corrected chi connectivity index (χ4v) is 2.61. The van der Waals surface area contributed by atoms with Gasteiger partial charge in [-0.05, 0) is 43.2 Å². The van der Waals surface area contributed by atoms with Crippen LogP contribution in [0.25, 0.3) is 11.0 Å². The molecule has 0 unspecified atom stereocenters. The highest BCUT2D eigenvalue weighted by Crippen LogP contribution is 2.19. The van der Waals surface area contributed by atoms with Crippen LogP contribution in [0.15, 0.2) is 42.5 Å². The Kier molecular flexibility index (Phi) is 3.67. The van der Waals surface area contributed by atoms with Gasteiger partial charge < -0.3 is 9.88 Å². The van der Waals surface area contributed by atoms with Crippen LogP contribution in [0.4, 0.5) is 5.69 Å². The van der Waals surface area contributed by atoms with Crippen LogP contribution < -0.4 is 5.32 Å². The Morgan fingerprint density at radius 3 is 2.77 bits per heavy atom. The summed E-state index contributed by atoms with van der Waals surface area (Å²) in [4.78, 5) is 17.0. The van der Waals surface area contributed by atoms with Crippen molar-refractivity contribution in [3.63, 3.8) is 0 Å². The predicted molar refractivity (Wildman–Crippen MR) is 89.2 cm³/mol. The summed E-state index contributed by atoms with van der Waals surface area (Å²) in [6, 6.07) is 13.5. The first-order valence-corrected chi connectivity index (χ1v) is 7.42. The molecular formula is C18H19N3O. The molecule has 0 atom stereocenters. The van der Waals surface area contributed by atoms with Crippen molar-refractivity contribution in [2.45, 2.75) is 20.3 Å². The molecule has 4 heteroatoms. The number of nitrogens with zero attached hydrogens (tertiary/aromatic N) is 2. The van der Waals surface area contributed by atoms with Crippen LogP contribution in [0, 0.1) is 6.92 Å². The zero-order chi connectivity index (χ0) is 15.7. The summed E-state index contributed by atoms with van der Waals surface area (Å²) in [6.45, 7) is 4.03. The molecule has 0 bridgehead atoms. The number of para-hydroxylation sites is 1. The summed E-state index contributed by atoms with van der Waals surface area (Å²) in [5, 5.41) is 2.99. The fraction of sp³-hybridized carbons (Fsp3) is 0.222. The van der Waals surface area contributed by atoms with Crippen molar-refractivity contribution >= 4 is 22.6 Å². The molecule has 0 radical (unpaired) electrons. The molecule has 1 amide bonds. The van der Waals surface area contributed by atoms with Gasteiger partial charge in [0.25, 0.3) is 5.91 Å². The largest absolute Gasteiger partial charge is 0.331 e. The summed E-state index contributed by atoms with van der Waals surface area (Å²) < 4.78 is 2.02. The quantitative estimate of drug-likeness (QED) is 0.800. The average Bonchev–Trinajstić information content (AvgIpc) is 2.82. The summed E-state index contributed by atoms with van der Waals surface area (Å²) >= 11 is 0. The second-order valence-corrected chi connectivity index (χ2v) is 5.39. The molecule has 0 aliphatic carbocycles.